The number of methoxy groups -OCH3 is 3. The van der Waals surface area contributed by atoms with Crippen molar-refractivity contribution in [2.24, 2.45) is 5.41 Å². The van der Waals surface area contributed by atoms with Gasteiger partial charge in [-0.05, 0) is 42.4 Å². The number of hydrogen-bond acceptors (Lipinski definition) is 8. The van der Waals surface area contributed by atoms with Crippen LogP contribution in [0.1, 0.15) is 28.8 Å². The Bertz CT molecular complexity index is 1070. The van der Waals surface area contributed by atoms with Gasteiger partial charge >= 0.3 is 0 Å². The van der Waals surface area contributed by atoms with Crippen molar-refractivity contribution in [2.75, 3.05) is 40.7 Å². The maximum absolute atomic E-state index is 13.5. The van der Waals surface area contributed by atoms with E-state index in [2.05, 4.69) is 5.32 Å². The Morgan fingerprint density at radius 2 is 1.73 bits per heavy atom. The standard InChI is InChI=1S/C24H31NO7S/c1-29-20-11-10-18(22(30-2)23(20)31-3)21(26)19-15-24(16-25-19,12-13-32-33(4,27)28)14-17-8-6-5-7-9-17/h5-11,19,25H,12-16H2,1-4H3. The molecule has 2 unspecified atom stereocenters. The Labute approximate surface area is 195 Å². The lowest BCUT2D eigenvalue weighted by atomic mass is 9.76. The molecular weight excluding hydrogens is 446 g/mol. The fourth-order valence-corrected chi connectivity index (χ4v) is 4.82. The Morgan fingerprint density at radius 3 is 2.33 bits per heavy atom. The highest BCUT2D eigenvalue weighted by atomic mass is 32.2. The summed E-state index contributed by atoms with van der Waals surface area (Å²) in [6.07, 6.45) is 2.76. The molecule has 2 aromatic rings. The molecule has 0 saturated carbocycles. The second-order valence-corrected chi connectivity index (χ2v) is 9.97. The van der Waals surface area contributed by atoms with Crippen LogP contribution in [0.3, 0.4) is 0 Å². The van der Waals surface area contributed by atoms with Crippen LogP contribution >= 0.6 is 0 Å². The molecule has 0 radical (unpaired) electrons. The third-order valence-corrected chi connectivity index (χ3v) is 6.59. The zero-order chi connectivity index (χ0) is 24.1. The lowest BCUT2D eigenvalue weighted by Crippen LogP contribution is -2.31. The molecule has 1 aliphatic heterocycles. The molecule has 8 nitrogen and oxygen atoms in total. The van der Waals surface area contributed by atoms with Crippen molar-refractivity contribution in [1.29, 1.82) is 0 Å². The number of ketones is 1. The summed E-state index contributed by atoms with van der Waals surface area (Å²) < 4.78 is 44.2. The number of Topliss-reactive ketones (excluding diaryl/α,β-unsaturated/α-hetero) is 1. The number of carbonyl (C=O) groups excluding carboxylic acids is 1. The van der Waals surface area contributed by atoms with Crippen LogP contribution < -0.4 is 19.5 Å². The van der Waals surface area contributed by atoms with Crippen LogP contribution in [-0.4, -0.2) is 61.0 Å². The first-order valence-electron chi connectivity index (χ1n) is 10.7. The van der Waals surface area contributed by atoms with Gasteiger partial charge in [0.25, 0.3) is 10.1 Å². The summed E-state index contributed by atoms with van der Waals surface area (Å²) >= 11 is 0. The van der Waals surface area contributed by atoms with Crippen LogP contribution in [0, 0.1) is 5.41 Å². The van der Waals surface area contributed by atoms with Gasteiger partial charge in [-0.1, -0.05) is 30.3 Å². The lowest BCUT2D eigenvalue weighted by molar-refractivity contribution is 0.0939. The third kappa shape index (κ3) is 6.04. The number of carbonyl (C=O) groups is 1. The monoisotopic (exact) mass is 477 g/mol. The normalized spacial score (nSPS) is 20.4. The first-order valence-corrected chi connectivity index (χ1v) is 12.5. The van der Waals surface area contributed by atoms with Gasteiger partial charge in [-0.3, -0.25) is 8.98 Å². The molecule has 180 valence electrons. The van der Waals surface area contributed by atoms with Crippen molar-refractivity contribution < 1.29 is 31.6 Å². The molecule has 3 rings (SSSR count). The van der Waals surface area contributed by atoms with E-state index >= 15 is 0 Å². The van der Waals surface area contributed by atoms with Crippen LogP contribution in [0.4, 0.5) is 0 Å². The third-order valence-electron chi connectivity index (χ3n) is 6.00. The van der Waals surface area contributed by atoms with E-state index in [1.165, 1.54) is 21.3 Å². The van der Waals surface area contributed by atoms with E-state index in [1.807, 2.05) is 30.3 Å². The highest BCUT2D eigenvalue weighted by Crippen LogP contribution is 2.42. The molecule has 0 spiro atoms. The quantitative estimate of drug-likeness (QED) is 0.390. The fourth-order valence-electron chi connectivity index (χ4n) is 4.44. The molecule has 0 amide bonds. The SMILES string of the molecule is COc1ccc(C(=O)C2CC(CCOS(C)(=O)=O)(Cc3ccccc3)CN2)c(OC)c1OC. The van der Waals surface area contributed by atoms with Gasteiger partial charge in [0.2, 0.25) is 5.75 Å². The number of nitrogens with one attached hydrogen (secondary N) is 1. The average molecular weight is 478 g/mol. The molecule has 0 aromatic heterocycles. The minimum atomic E-state index is -3.54. The summed E-state index contributed by atoms with van der Waals surface area (Å²) in [6, 6.07) is 12.8. The first kappa shape index (κ1) is 25.0. The van der Waals surface area contributed by atoms with Crippen LogP contribution in [0.5, 0.6) is 17.2 Å². The summed E-state index contributed by atoms with van der Waals surface area (Å²) in [4.78, 5) is 13.5. The largest absolute Gasteiger partial charge is 0.493 e. The van der Waals surface area contributed by atoms with Gasteiger partial charge in [-0.15, -0.1) is 0 Å². The van der Waals surface area contributed by atoms with Gasteiger partial charge in [0.15, 0.2) is 17.3 Å². The summed E-state index contributed by atoms with van der Waals surface area (Å²) in [7, 11) is 0.960. The lowest BCUT2D eigenvalue weighted by Gasteiger charge is -2.28. The molecular formula is C24H31NO7S. The molecule has 9 heteroatoms. The van der Waals surface area contributed by atoms with Crippen LogP contribution in [-0.2, 0) is 20.7 Å². The highest BCUT2D eigenvalue weighted by Gasteiger charge is 2.42. The summed E-state index contributed by atoms with van der Waals surface area (Å²) in [5.74, 6) is 1.04. The van der Waals surface area contributed by atoms with Gasteiger partial charge in [-0.2, -0.15) is 8.42 Å². The summed E-state index contributed by atoms with van der Waals surface area (Å²) in [6.45, 7) is 0.620. The molecule has 33 heavy (non-hydrogen) atoms. The minimum Gasteiger partial charge on any atom is -0.493 e. The number of hydrogen-bond donors (Lipinski definition) is 1. The predicted octanol–water partition coefficient (Wildman–Crippen LogP) is 2.85. The van der Waals surface area contributed by atoms with E-state index in [0.29, 0.717) is 48.6 Å². The number of ether oxygens (including phenoxy) is 3. The second kappa shape index (κ2) is 10.5. The van der Waals surface area contributed by atoms with Crippen molar-refractivity contribution in [3.63, 3.8) is 0 Å². The van der Waals surface area contributed by atoms with E-state index in [1.54, 1.807) is 12.1 Å². The van der Waals surface area contributed by atoms with E-state index in [0.717, 1.165) is 11.8 Å². The first-order chi connectivity index (χ1) is 15.7. The minimum absolute atomic E-state index is 0.0634. The molecule has 0 aliphatic carbocycles. The predicted molar refractivity (Wildman–Crippen MR) is 125 cm³/mol. The van der Waals surface area contributed by atoms with Gasteiger partial charge < -0.3 is 19.5 Å². The topological polar surface area (TPSA) is 100 Å². The van der Waals surface area contributed by atoms with Crippen molar-refractivity contribution in [3.05, 3.63) is 53.6 Å². The van der Waals surface area contributed by atoms with E-state index in [9.17, 15) is 13.2 Å². The average Bonchev–Trinajstić information content (AvgIpc) is 3.20. The van der Waals surface area contributed by atoms with Gasteiger partial charge in [0.05, 0.1) is 45.8 Å². The van der Waals surface area contributed by atoms with Gasteiger partial charge in [-0.25, -0.2) is 0 Å². The maximum atomic E-state index is 13.5. The Kier molecular flexibility index (Phi) is 7.99. The molecule has 1 aliphatic rings. The smallest absolute Gasteiger partial charge is 0.264 e. The fraction of sp³-hybridized carbons (Fsp3) is 0.458. The molecule has 2 aromatic carbocycles. The Hall–Kier alpha value is -2.62. The molecule has 1 fully saturated rings. The van der Waals surface area contributed by atoms with Crippen molar-refractivity contribution in [1.82, 2.24) is 5.32 Å². The van der Waals surface area contributed by atoms with Crippen LogP contribution in [0.25, 0.3) is 0 Å². The number of rotatable bonds is 11. The van der Waals surface area contributed by atoms with E-state index < -0.39 is 16.2 Å². The molecule has 1 saturated heterocycles. The summed E-state index contributed by atoms with van der Waals surface area (Å²) in [5, 5.41) is 3.35. The van der Waals surface area contributed by atoms with Crippen LogP contribution in [0.2, 0.25) is 0 Å². The van der Waals surface area contributed by atoms with Crippen molar-refractivity contribution >= 4 is 15.9 Å². The Morgan fingerprint density at radius 1 is 1.03 bits per heavy atom. The van der Waals surface area contributed by atoms with E-state index in [-0.39, 0.29) is 17.8 Å². The van der Waals surface area contributed by atoms with Crippen LogP contribution in [0.15, 0.2) is 42.5 Å². The summed E-state index contributed by atoms with van der Waals surface area (Å²) in [5.41, 5.74) is 1.18. The van der Waals surface area contributed by atoms with Crippen molar-refractivity contribution in [3.8, 4) is 17.2 Å². The molecule has 1 N–H and O–H groups in total. The zero-order valence-corrected chi connectivity index (χ0v) is 20.2. The van der Waals surface area contributed by atoms with Crippen molar-refractivity contribution in [2.45, 2.75) is 25.3 Å². The highest BCUT2D eigenvalue weighted by molar-refractivity contribution is 7.85. The second-order valence-electron chi connectivity index (χ2n) is 8.32. The number of benzene rings is 2. The molecule has 0 bridgehead atoms. The molecule has 2 atom stereocenters. The van der Waals surface area contributed by atoms with E-state index in [4.69, 9.17) is 18.4 Å². The van der Waals surface area contributed by atoms with Gasteiger partial charge in [0.1, 0.15) is 0 Å². The molecule has 1 heterocycles. The zero-order valence-electron chi connectivity index (χ0n) is 19.4. The maximum Gasteiger partial charge on any atom is 0.264 e. The van der Waals surface area contributed by atoms with Gasteiger partial charge in [0, 0.05) is 6.54 Å². The Balaban J connectivity index is 1.86.